The lowest BCUT2D eigenvalue weighted by atomic mass is 9.92. The van der Waals surface area contributed by atoms with E-state index in [1.165, 1.54) is 0 Å². The van der Waals surface area contributed by atoms with E-state index in [0.717, 1.165) is 12.8 Å². The molecule has 1 aromatic heterocycles. The van der Waals surface area contributed by atoms with E-state index in [0.29, 0.717) is 18.1 Å². The van der Waals surface area contributed by atoms with Gasteiger partial charge >= 0.3 is 0 Å². The van der Waals surface area contributed by atoms with Gasteiger partial charge in [-0.15, -0.1) is 0 Å². The van der Waals surface area contributed by atoms with Gasteiger partial charge in [0.25, 0.3) is 0 Å². The summed E-state index contributed by atoms with van der Waals surface area (Å²) >= 11 is 0. The van der Waals surface area contributed by atoms with Crippen LogP contribution in [0.15, 0.2) is 18.3 Å². The fourth-order valence-electron chi connectivity index (χ4n) is 2.09. The number of aliphatic hydroxyl groups excluding tert-OH is 1. The molecule has 2 unspecified atom stereocenters. The predicted octanol–water partition coefficient (Wildman–Crippen LogP) is 1.69. The summed E-state index contributed by atoms with van der Waals surface area (Å²) in [6.07, 6.45) is 2.72. The van der Waals surface area contributed by atoms with Crippen LogP contribution in [-0.2, 0) is 4.74 Å². The highest BCUT2D eigenvalue weighted by Gasteiger charge is 2.40. The van der Waals surface area contributed by atoms with E-state index in [1.807, 2.05) is 6.92 Å². The zero-order chi connectivity index (χ0) is 11.6. The third kappa shape index (κ3) is 1.90. The number of hydrogen-bond donors (Lipinski definition) is 1. The Morgan fingerprint density at radius 1 is 1.62 bits per heavy atom. The molecule has 0 aromatic carbocycles. The van der Waals surface area contributed by atoms with E-state index in [4.69, 9.17) is 9.47 Å². The second-order valence-corrected chi connectivity index (χ2v) is 4.26. The molecule has 2 heterocycles. The molecular weight excluding hydrogens is 206 g/mol. The van der Waals surface area contributed by atoms with Crippen LogP contribution in [0.5, 0.6) is 5.75 Å². The highest BCUT2D eigenvalue weighted by atomic mass is 16.5. The van der Waals surface area contributed by atoms with Crippen LogP contribution in [0.25, 0.3) is 0 Å². The van der Waals surface area contributed by atoms with E-state index >= 15 is 0 Å². The molecule has 1 aliphatic heterocycles. The predicted molar refractivity (Wildman–Crippen MR) is 59.3 cm³/mol. The van der Waals surface area contributed by atoms with Gasteiger partial charge in [-0.25, -0.2) is 0 Å². The minimum absolute atomic E-state index is 0.540. The number of hydrogen-bond acceptors (Lipinski definition) is 4. The Labute approximate surface area is 95.2 Å². The Balaban J connectivity index is 2.29. The molecule has 88 valence electrons. The monoisotopic (exact) mass is 223 g/mol. The average Bonchev–Trinajstić information content (AvgIpc) is 2.76. The van der Waals surface area contributed by atoms with Crippen molar-refractivity contribution in [2.45, 2.75) is 31.5 Å². The lowest BCUT2D eigenvalue weighted by Crippen LogP contribution is -2.32. The summed E-state index contributed by atoms with van der Waals surface area (Å²) in [5.41, 5.74) is 0.0103. The number of ether oxygens (including phenoxy) is 2. The molecule has 4 heteroatoms. The summed E-state index contributed by atoms with van der Waals surface area (Å²) in [5, 5.41) is 10.3. The van der Waals surface area contributed by atoms with Crippen molar-refractivity contribution < 1.29 is 14.6 Å². The van der Waals surface area contributed by atoms with Crippen molar-refractivity contribution in [1.82, 2.24) is 4.98 Å². The zero-order valence-electron chi connectivity index (χ0n) is 9.64. The highest BCUT2D eigenvalue weighted by Crippen LogP contribution is 2.39. The van der Waals surface area contributed by atoms with Crippen molar-refractivity contribution in [3.63, 3.8) is 0 Å². The molecule has 1 aromatic rings. The molecule has 0 radical (unpaired) electrons. The lowest BCUT2D eigenvalue weighted by Gasteiger charge is -2.29. The smallest absolute Gasteiger partial charge is 0.143 e. The van der Waals surface area contributed by atoms with Gasteiger partial charge < -0.3 is 14.6 Å². The van der Waals surface area contributed by atoms with Gasteiger partial charge in [-0.2, -0.15) is 0 Å². The summed E-state index contributed by atoms with van der Waals surface area (Å²) in [6.45, 7) is 2.61. The average molecular weight is 223 g/mol. The molecule has 0 bridgehead atoms. The maximum Gasteiger partial charge on any atom is 0.143 e. The van der Waals surface area contributed by atoms with Gasteiger partial charge in [0.2, 0.25) is 0 Å². The Hall–Kier alpha value is -1.13. The number of aliphatic hydroxyl groups is 1. The molecule has 2 rings (SSSR count). The number of aromatic nitrogens is 1. The molecule has 0 saturated carbocycles. The molecule has 1 fully saturated rings. The highest BCUT2D eigenvalue weighted by molar-refractivity contribution is 5.30. The van der Waals surface area contributed by atoms with Gasteiger partial charge in [0.15, 0.2) is 0 Å². The van der Waals surface area contributed by atoms with E-state index < -0.39 is 11.7 Å². The van der Waals surface area contributed by atoms with Crippen LogP contribution in [0.4, 0.5) is 0 Å². The van der Waals surface area contributed by atoms with E-state index in [-0.39, 0.29) is 0 Å². The van der Waals surface area contributed by atoms with Crippen molar-refractivity contribution in [3.05, 3.63) is 24.0 Å². The Bertz CT molecular complexity index is 361. The molecular formula is C12H17NO3. The van der Waals surface area contributed by atoms with Crippen LogP contribution in [0, 0.1) is 0 Å². The molecule has 0 spiro atoms. The van der Waals surface area contributed by atoms with Crippen LogP contribution in [-0.4, -0.2) is 29.4 Å². The number of pyridine rings is 1. The van der Waals surface area contributed by atoms with Crippen molar-refractivity contribution in [2.75, 3.05) is 13.7 Å². The Morgan fingerprint density at radius 2 is 2.44 bits per heavy atom. The van der Waals surface area contributed by atoms with E-state index in [1.54, 1.807) is 25.4 Å². The zero-order valence-corrected chi connectivity index (χ0v) is 9.64. The van der Waals surface area contributed by atoms with Gasteiger partial charge in [-0.3, -0.25) is 4.98 Å². The van der Waals surface area contributed by atoms with Gasteiger partial charge in [-0.05, 0) is 31.9 Å². The SMILES string of the molecule is COc1cccnc1C(O)C1(C)CCCO1. The first-order valence-electron chi connectivity index (χ1n) is 5.48. The molecule has 16 heavy (non-hydrogen) atoms. The Kier molecular flexibility index (Phi) is 3.12. The van der Waals surface area contributed by atoms with Crippen LogP contribution in [0.1, 0.15) is 31.6 Å². The molecule has 1 N–H and O–H groups in total. The third-order valence-corrected chi connectivity index (χ3v) is 3.11. The second kappa shape index (κ2) is 4.39. The van der Waals surface area contributed by atoms with Gasteiger partial charge in [-0.1, -0.05) is 0 Å². The molecule has 0 aliphatic carbocycles. The standard InChI is InChI=1S/C12H17NO3/c1-12(6-4-8-16-12)11(14)10-9(15-2)5-3-7-13-10/h3,5,7,11,14H,4,6,8H2,1-2H3. The first-order chi connectivity index (χ1) is 7.67. The number of rotatable bonds is 3. The summed E-state index contributed by atoms with van der Waals surface area (Å²) in [6, 6.07) is 3.58. The number of methoxy groups -OCH3 is 1. The molecule has 0 amide bonds. The summed E-state index contributed by atoms with van der Waals surface area (Å²) < 4.78 is 10.8. The fourth-order valence-corrected chi connectivity index (χ4v) is 2.09. The number of nitrogens with zero attached hydrogens (tertiary/aromatic N) is 1. The van der Waals surface area contributed by atoms with Gasteiger partial charge in [0, 0.05) is 12.8 Å². The van der Waals surface area contributed by atoms with Gasteiger partial charge in [0.1, 0.15) is 17.5 Å². The quantitative estimate of drug-likeness (QED) is 0.847. The maximum absolute atomic E-state index is 10.3. The van der Waals surface area contributed by atoms with E-state index in [2.05, 4.69) is 4.98 Å². The first kappa shape index (κ1) is 11.4. The lowest BCUT2D eigenvalue weighted by molar-refractivity contribution is -0.0820. The largest absolute Gasteiger partial charge is 0.495 e. The minimum Gasteiger partial charge on any atom is -0.495 e. The van der Waals surface area contributed by atoms with Crippen LogP contribution < -0.4 is 4.74 Å². The van der Waals surface area contributed by atoms with Crippen molar-refractivity contribution in [3.8, 4) is 5.75 Å². The topological polar surface area (TPSA) is 51.6 Å². The van der Waals surface area contributed by atoms with Crippen molar-refractivity contribution >= 4 is 0 Å². The Morgan fingerprint density at radius 3 is 3.06 bits per heavy atom. The van der Waals surface area contributed by atoms with Gasteiger partial charge in [0.05, 0.1) is 12.7 Å². The second-order valence-electron chi connectivity index (χ2n) is 4.26. The molecule has 4 nitrogen and oxygen atoms in total. The minimum atomic E-state index is -0.744. The van der Waals surface area contributed by atoms with Crippen LogP contribution in [0.3, 0.4) is 0 Å². The van der Waals surface area contributed by atoms with E-state index in [9.17, 15) is 5.11 Å². The molecule has 2 atom stereocenters. The molecule has 1 aliphatic rings. The summed E-state index contributed by atoms with van der Waals surface area (Å²) in [7, 11) is 1.57. The third-order valence-electron chi connectivity index (χ3n) is 3.11. The summed E-state index contributed by atoms with van der Waals surface area (Å²) in [4.78, 5) is 4.18. The first-order valence-corrected chi connectivity index (χ1v) is 5.48. The fraction of sp³-hybridized carbons (Fsp3) is 0.583. The normalized spacial score (nSPS) is 26.7. The maximum atomic E-state index is 10.3. The molecule has 1 saturated heterocycles. The summed E-state index contributed by atoms with van der Waals surface area (Å²) in [5.74, 6) is 0.603. The van der Waals surface area contributed by atoms with Crippen LogP contribution in [0.2, 0.25) is 0 Å². The van der Waals surface area contributed by atoms with Crippen molar-refractivity contribution in [2.24, 2.45) is 0 Å². The van der Waals surface area contributed by atoms with Crippen LogP contribution >= 0.6 is 0 Å². The van der Waals surface area contributed by atoms with Crippen molar-refractivity contribution in [1.29, 1.82) is 0 Å².